The molecule has 6 heterocycles. The third-order valence-corrected chi connectivity index (χ3v) is 15.5. The number of nitrogens with one attached hydrogen (secondary N) is 1. The molecule has 3 fully saturated rings. The number of aromatic nitrogens is 1. The molecule has 0 radical (unpaired) electrons. The van der Waals surface area contributed by atoms with Crippen molar-refractivity contribution in [3.05, 3.63) is 70.9 Å². The second-order valence-corrected chi connectivity index (χ2v) is 19.4. The van der Waals surface area contributed by atoms with Gasteiger partial charge in [0.1, 0.15) is 11.2 Å². The number of fused-ring (bicyclic) bond motifs is 6. The molecule has 2 aromatic carbocycles. The van der Waals surface area contributed by atoms with Crippen LogP contribution < -0.4 is 9.64 Å². The Kier molecular flexibility index (Phi) is 11.8. The highest BCUT2D eigenvalue weighted by Crippen LogP contribution is 2.68. The van der Waals surface area contributed by atoms with Gasteiger partial charge >= 0.3 is 28.3 Å². The van der Waals surface area contributed by atoms with E-state index in [0.717, 1.165) is 16.5 Å². The van der Waals surface area contributed by atoms with Crippen LogP contribution in [-0.2, 0) is 61.0 Å². The smallest absolute Gasteiger partial charge is 0.394 e. The molecule has 1 aromatic heterocycles. The molecule has 1 aliphatic carbocycles. The maximum absolute atomic E-state index is 15.3. The molecule has 2 saturated heterocycles. The largest absolute Gasteiger partial charge is 0.496 e. The van der Waals surface area contributed by atoms with Crippen LogP contribution in [0.4, 0.5) is 5.69 Å². The molecule has 18 nitrogen and oxygen atoms in total. The Morgan fingerprint density at radius 3 is 2.29 bits per heavy atom. The average Bonchev–Trinajstić information content (AvgIpc) is 3.95. The lowest BCUT2D eigenvalue weighted by atomic mass is 9.47. The van der Waals surface area contributed by atoms with E-state index in [9.17, 15) is 24.6 Å². The van der Waals surface area contributed by atoms with Crippen LogP contribution in [0, 0.1) is 11.3 Å². The fourth-order valence-corrected chi connectivity index (χ4v) is 13.4. The number of esters is 3. The van der Waals surface area contributed by atoms with Gasteiger partial charge in [0.15, 0.2) is 6.10 Å². The highest BCUT2D eigenvalue weighted by atomic mass is 32.3. The third-order valence-electron chi connectivity index (χ3n) is 15.5. The number of methoxy groups -OCH3 is 3. The normalized spacial score (nSPS) is 34.6. The molecule has 4 unspecified atom stereocenters. The van der Waals surface area contributed by atoms with Crippen LogP contribution in [-0.4, -0.2) is 150 Å². The monoisotopic (exact) mass is 922 g/mol. The minimum absolute atomic E-state index is 0.155. The van der Waals surface area contributed by atoms with E-state index in [4.69, 9.17) is 36.5 Å². The molecule has 5 aliphatic heterocycles. The number of aliphatic hydroxyl groups is 2. The molecular weight excluding hydrogens is 865 g/mol. The van der Waals surface area contributed by atoms with Gasteiger partial charge in [-0.2, -0.15) is 8.42 Å². The number of hydrogen-bond acceptors (Lipinski definition) is 14. The quantitative estimate of drug-likeness (QED) is 0.0717. The van der Waals surface area contributed by atoms with Crippen molar-refractivity contribution in [2.75, 3.05) is 59.0 Å². The first-order chi connectivity index (χ1) is 30.8. The van der Waals surface area contributed by atoms with Crippen molar-refractivity contribution in [3.8, 4) is 5.75 Å². The Hall–Kier alpha value is -4.89. The van der Waals surface area contributed by atoms with E-state index in [1.54, 1.807) is 6.07 Å². The maximum atomic E-state index is 15.3. The number of carbonyl (C=O) groups is 4. The van der Waals surface area contributed by atoms with Gasteiger partial charge in [0.2, 0.25) is 12.0 Å². The molecule has 352 valence electrons. The molecule has 6 aliphatic rings. The molecular formula is C46H58N4O14S. The summed E-state index contributed by atoms with van der Waals surface area (Å²) < 4.78 is 55.3. The lowest BCUT2D eigenvalue weighted by Gasteiger charge is -2.63. The predicted molar refractivity (Wildman–Crippen MR) is 235 cm³/mol. The number of H-pyrrole nitrogens is 1. The van der Waals surface area contributed by atoms with E-state index >= 15 is 4.79 Å². The Labute approximate surface area is 377 Å². The molecule has 1 amide bonds. The second-order valence-electron chi connectivity index (χ2n) is 18.6. The summed E-state index contributed by atoms with van der Waals surface area (Å²) in [5.74, 6) is -2.06. The summed E-state index contributed by atoms with van der Waals surface area (Å²) in [6.07, 6.45) is 5.83. The standard InChI is InChI=1S/C46H56N4O10.H2O4S/c1-7-42(55)22-28-23-45(40(53)58-5,36-30(14-18-48(24-28)25-42)29-12-9-10-13-33(29)47-36)32-20-31-34(21-35(32)57-4)50(26-51)38-44(31)16-19-49-17-11-15-43(8-2,37(44)49)39(60-27(3)52)46(38,56)41(54)59-6;1-5(2,3)4/h9-13,15,20-21,26,28,37-39,47,55-56H,7-8,14,16-19,22-25H2,1-6H3;(H2,1,2,3,4)/t28?,37-,38?,39+,42?,43+,44+,45-,46-;/m0./s1. The molecule has 19 heteroatoms. The van der Waals surface area contributed by atoms with Crippen molar-refractivity contribution in [1.29, 1.82) is 0 Å². The minimum atomic E-state index is -4.67. The Morgan fingerprint density at radius 2 is 1.66 bits per heavy atom. The molecule has 2 bridgehead atoms. The molecule has 5 N–H and O–H groups in total. The van der Waals surface area contributed by atoms with Crippen LogP contribution in [0.2, 0.25) is 0 Å². The number of hydrogen-bond donors (Lipinski definition) is 5. The number of piperidine rings is 1. The van der Waals surface area contributed by atoms with E-state index in [2.05, 4.69) is 20.9 Å². The second kappa shape index (κ2) is 16.5. The van der Waals surface area contributed by atoms with Gasteiger partial charge in [-0.05, 0) is 74.2 Å². The number of benzene rings is 2. The fraction of sp³-hybridized carbons (Fsp3) is 0.565. The minimum Gasteiger partial charge on any atom is -0.496 e. The van der Waals surface area contributed by atoms with E-state index in [0.29, 0.717) is 99.5 Å². The zero-order valence-corrected chi connectivity index (χ0v) is 38.2. The first-order valence-corrected chi connectivity index (χ1v) is 23.4. The topological polar surface area (TPSA) is 246 Å². The van der Waals surface area contributed by atoms with Gasteiger partial charge in [0, 0.05) is 78.2 Å². The van der Waals surface area contributed by atoms with E-state index < -0.39 is 73.9 Å². The number of aromatic amines is 1. The Bertz CT molecular complexity index is 2560. The zero-order valence-electron chi connectivity index (χ0n) is 37.4. The van der Waals surface area contributed by atoms with Gasteiger partial charge in [-0.1, -0.05) is 44.2 Å². The summed E-state index contributed by atoms with van der Waals surface area (Å²) in [6, 6.07) is 9.97. The first-order valence-electron chi connectivity index (χ1n) is 22.0. The van der Waals surface area contributed by atoms with Crippen molar-refractivity contribution < 1.29 is 65.9 Å². The van der Waals surface area contributed by atoms with Gasteiger partial charge in [-0.3, -0.25) is 33.3 Å². The van der Waals surface area contributed by atoms with Gasteiger partial charge in [0.25, 0.3) is 0 Å². The van der Waals surface area contributed by atoms with Crippen LogP contribution in [0.3, 0.4) is 0 Å². The molecule has 1 spiro atoms. The molecule has 65 heavy (non-hydrogen) atoms. The van der Waals surface area contributed by atoms with Crippen molar-refractivity contribution in [2.45, 2.75) is 99.5 Å². The predicted octanol–water partition coefficient (Wildman–Crippen LogP) is 2.86. The zero-order chi connectivity index (χ0) is 47.1. The van der Waals surface area contributed by atoms with E-state index in [1.165, 1.54) is 33.2 Å². The molecule has 9 rings (SSSR count). The van der Waals surface area contributed by atoms with E-state index in [-0.39, 0.29) is 12.3 Å². The maximum Gasteiger partial charge on any atom is 0.394 e. The number of para-hydroxylation sites is 1. The highest BCUT2D eigenvalue weighted by Gasteiger charge is 2.81. The molecule has 3 aromatic rings. The van der Waals surface area contributed by atoms with Crippen LogP contribution >= 0.6 is 0 Å². The number of rotatable bonds is 8. The summed E-state index contributed by atoms with van der Waals surface area (Å²) in [5.41, 5.74) is -3.15. The Morgan fingerprint density at radius 1 is 0.954 bits per heavy atom. The van der Waals surface area contributed by atoms with Gasteiger partial charge in [-0.25, -0.2) is 4.79 Å². The SMILES string of the molecule is CCC1(O)CC2CN(CCc3c([nH]c4ccccc34)[C@@](C(=O)OC)(c3cc4c(cc3OC)N(C=O)C3[C@]45CCN4CC=C[C@@](CC)([C@@H](OC(C)=O)[C@]3(O)C(=O)OC)[C@H]45)C2)C1.O=S(=O)(O)O. The van der Waals surface area contributed by atoms with Crippen molar-refractivity contribution >= 4 is 51.3 Å². The van der Waals surface area contributed by atoms with Crippen LogP contribution in [0.5, 0.6) is 5.75 Å². The van der Waals surface area contributed by atoms with Crippen LogP contribution in [0.25, 0.3) is 10.9 Å². The van der Waals surface area contributed by atoms with E-state index in [1.807, 2.05) is 50.3 Å². The number of ether oxygens (including phenoxy) is 4. The number of anilines is 1. The van der Waals surface area contributed by atoms with Crippen LogP contribution in [0.1, 0.15) is 75.3 Å². The summed E-state index contributed by atoms with van der Waals surface area (Å²) in [7, 11) is -0.577. The summed E-state index contributed by atoms with van der Waals surface area (Å²) in [4.78, 5) is 66.1. The van der Waals surface area contributed by atoms with Crippen molar-refractivity contribution in [1.82, 2.24) is 14.8 Å². The average molecular weight is 923 g/mol. The molecule has 1 saturated carbocycles. The summed E-state index contributed by atoms with van der Waals surface area (Å²) in [6.45, 7) is 8.16. The van der Waals surface area contributed by atoms with Crippen molar-refractivity contribution in [2.24, 2.45) is 11.3 Å². The fourth-order valence-electron chi connectivity index (χ4n) is 13.4. The van der Waals surface area contributed by atoms with Gasteiger partial charge in [-0.15, -0.1) is 0 Å². The lowest BCUT2D eigenvalue weighted by Crippen LogP contribution is -2.81. The third kappa shape index (κ3) is 6.90. The van der Waals surface area contributed by atoms with Gasteiger partial charge < -0.3 is 39.0 Å². The lowest BCUT2D eigenvalue weighted by molar-refractivity contribution is -0.228. The summed E-state index contributed by atoms with van der Waals surface area (Å²) >= 11 is 0. The number of carbonyl (C=O) groups excluding carboxylic acids is 4. The summed E-state index contributed by atoms with van der Waals surface area (Å²) in [5, 5.41) is 26.3. The number of amides is 1. The van der Waals surface area contributed by atoms with Crippen LogP contribution in [0.15, 0.2) is 48.6 Å². The molecule has 10 atom stereocenters. The highest BCUT2D eigenvalue weighted by molar-refractivity contribution is 7.79. The van der Waals surface area contributed by atoms with Crippen molar-refractivity contribution in [3.63, 3.8) is 0 Å². The van der Waals surface area contributed by atoms with Gasteiger partial charge in [0.05, 0.1) is 38.7 Å². The Balaban J connectivity index is 0.00000109. The number of nitrogens with zero attached hydrogens (tertiary/aromatic N) is 3. The first kappa shape index (κ1) is 46.6.